The van der Waals surface area contributed by atoms with Crippen molar-refractivity contribution in [3.8, 4) is 0 Å². The van der Waals surface area contributed by atoms with E-state index >= 15 is 0 Å². The highest BCUT2D eigenvalue weighted by Crippen LogP contribution is 2.22. The maximum atomic E-state index is 13.1. The summed E-state index contributed by atoms with van der Waals surface area (Å²) in [6.07, 6.45) is 5.38. The smallest absolute Gasteiger partial charge is 0.155 e. The third kappa shape index (κ3) is 2.37. The highest BCUT2D eigenvalue weighted by molar-refractivity contribution is 6.31. The molecule has 3 aromatic rings. The van der Waals surface area contributed by atoms with E-state index < -0.39 is 5.82 Å². The number of rotatable bonds is 2. The number of halogens is 2. The number of benzene rings is 1. The van der Waals surface area contributed by atoms with Crippen molar-refractivity contribution in [3.05, 3.63) is 53.3 Å². The fourth-order valence-corrected chi connectivity index (χ4v) is 1.99. The standard InChI is InChI=1S/C13H10ClFN4/c1-8-6-19-7-12(16-5-13(19)17-8)18-9-2-3-11(15)10(14)4-9/h2-7,18H,1H3. The van der Waals surface area contributed by atoms with Crippen LogP contribution in [0.5, 0.6) is 0 Å². The van der Waals surface area contributed by atoms with E-state index in [1.807, 2.05) is 23.7 Å². The molecule has 0 radical (unpaired) electrons. The molecule has 0 aliphatic rings. The fraction of sp³-hybridized carbons (Fsp3) is 0.0769. The number of hydrogen-bond acceptors (Lipinski definition) is 3. The summed E-state index contributed by atoms with van der Waals surface area (Å²) >= 11 is 5.73. The van der Waals surface area contributed by atoms with E-state index in [4.69, 9.17) is 11.6 Å². The van der Waals surface area contributed by atoms with Crippen LogP contribution in [-0.4, -0.2) is 14.4 Å². The average Bonchev–Trinajstić information content (AvgIpc) is 2.73. The largest absolute Gasteiger partial charge is 0.339 e. The van der Waals surface area contributed by atoms with Gasteiger partial charge in [-0.05, 0) is 25.1 Å². The molecule has 6 heteroatoms. The minimum Gasteiger partial charge on any atom is -0.339 e. The Hall–Kier alpha value is -2.14. The van der Waals surface area contributed by atoms with Gasteiger partial charge in [-0.1, -0.05) is 11.6 Å². The number of hydrogen-bond donors (Lipinski definition) is 1. The second kappa shape index (κ2) is 4.51. The lowest BCUT2D eigenvalue weighted by molar-refractivity contribution is 0.628. The lowest BCUT2D eigenvalue weighted by Gasteiger charge is -2.06. The van der Waals surface area contributed by atoms with E-state index in [1.54, 1.807) is 12.3 Å². The monoisotopic (exact) mass is 276 g/mol. The van der Waals surface area contributed by atoms with E-state index in [9.17, 15) is 4.39 Å². The number of fused-ring (bicyclic) bond motifs is 1. The van der Waals surface area contributed by atoms with Crippen molar-refractivity contribution < 1.29 is 4.39 Å². The number of imidazole rings is 1. The number of nitrogens with one attached hydrogen (secondary N) is 1. The summed E-state index contributed by atoms with van der Waals surface area (Å²) in [7, 11) is 0. The van der Waals surface area contributed by atoms with Gasteiger partial charge in [0.25, 0.3) is 0 Å². The van der Waals surface area contributed by atoms with E-state index in [2.05, 4.69) is 15.3 Å². The lowest BCUT2D eigenvalue weighted by Crippen LogP contribution is -1.96. The Balaban J connectivity index is 1.93. The molecule has 1 N–H and O–H groups in total. The first-order chi connectivity index (χ1) is 9.11. The van der Waals surface area contributed by atoms with Crippen LogP contribution in [0.4, 0.5) is 15.9 Å². The molecular weight excluding hydrogens is 267 g/mol. The Labute approximate surface area is 113 Å². The molecule has 0 fully saturated rings. The summed E-state index contributed by atoms with van der Waals surface area (Å²) in [5.41, 5.74) is 2.37. The maximum Gasteiger partial charge on any atom is 0.155 e. The van der Waals surface area contributed by atoms with Crippen molar-refractivity contribution >= 4 is 28.8 Å². The highest BCUT2D eigenvalue weighted by Gasteiger charge is 2.03. The van der Waals surface area contributed by atoms with Crippen LogP contribution in [0.3, 0.4) is 0 Å². The Morgan fingerprint density at radius 1 is 1.32 bits per heavy atom. The van der Waals surface area contributed by atoms with Gasteiger partial charge in [-0.3, -0.25) is 0 Å². The van der Waals surface area contributed by atoms with Crippen molar-refractivity contribution in [2.75, 3.05) is 5.32 Å². The molecule has 0 aliphatic carbocycles. The van der Waals surface area contributed by atoms with Gasteiger partial charge in [0.2, 0.25) is 0 Å². The first-order valence-corrected chi connectivity index (χ1v) is 6.03. The molecule has 0 saturated carbocycles. The van der Waals surface area contributed by atoms with Crippen LogP contribution in [0.2, 0.25) is 5.02 Å². The molecule has 2 heterocycles. The van der Waals surface area contributed by atoms with Gasteiger partial charge in [0.1, 0.15) is 11.6 Å². The average molecular weight is 277 g/mol. The quantitative estimate of drug-likeness (QED) is 0.778. The summed E-state index contributed by atoms with van der Waals surface area (Å²) in [5, 5.41) is 3.14. The molecule has 0 unspecified atom stereocenters. The molecule has 96 valence electrons. The van der Waals surface area contributed by atoms with E-state index in [0.717, 1.165) is 11.3 Å². The normalized spacial score (nSPS) is 10.9. The van der Waals surface area contributed by atoms with Gasteiger partial charge < -0.3 is 9.72 Å². The summed E-state index contributed by atoms with van der Waals surface area (Å²) in [5.74, 6) is 0.188. The van der Waals surface area contributed by atoms with Crippen LogP contribution >= 0.6 is 11.6 Å². The van der Waals surface area contributed by atoms with Crippen LogP contribution in [0.15, 0.2) is 36.8 Å². The molecule has 19 heavy (non-hydrogen) atoms. The minimum absolute atomic E-state index is 0.0737. The van der Waals surface area contributed by atoms with Gasteiger partial charge in [-0.15, -0.1) is 0 Å². The van der Waals surface area contributed by atoms with Crippen molar-refractivity contribution in [2.45, 2.75) is 6.92 Å². The zero-order valence-corrected chi connectivity index (χ0v) is 10.8. The molecule has 0 saturated heterocycles. The number of aryl methyl sites for hydroxylation is 1. The first-order valence-electron chi connectivity index (χ1n) is 5.65. The Morgan fingerprint density at radius 2 is 2.16 bits per heavy atom. The van der Waals surface area contributed by atoms with Crippen LogP contribution in [0, 0.1) is 12.7 Å². The third-order valence-corrected chi connectivity index (χ3v) is 2.94. The molecule has 0 spiro atoms. The first kappa shape index (κ1) is 11.9. The van der Waals surface area contributed by atoms with Crippen LogP contribution < -0.4 is 5.32 Å². The fourth-order valence-electron chi connectivity index (χ4n) is 1.81. The van der Waals surface area contributed by atoms with Gasteiger partial charge in [0.05, 0.1) is 23.1 Å². The summed E-state index contributed by atoms with van der Waals surface area (Å²) in [4.78, 5) is 8.53. The molecule has 0 amide bonds. The summed E-state index contributed by atoms with van der Waals surface area (Å²) < 4.78 is 14.9. The summed E-state index contributed by atoms with van der Waals surface area (Å²) in [6.45, 7) is 1.92. The van der Waals surface area contributed by atoms with Gasteiger partial charge in [-0.2, -0.15) is 0 Å². The molecule has 4 nitrogen and oxygen atoms in total. The molecule has 0 aliphatic heterocycles. The Kier molecular flexibility index (Phi) is 2.83. The Morgan fingerprint density at radius 3 is 2.95 bits per heavy atom. The number of nitrogens with zero attached hydrogens (tertiary/aromatic N) is 3. The molecule has 2 aromatic heterocycles. The molecule has 3 rings (SSSR count). The minimum atomic E-state index is -0.444. The van der Waals surface area contributed by atoms with Crippen molar-refractivity contribution in [2.24, 2.45) is 0 Å². The number of anilines is 2. The van der Waals surface area contributed by atoms with Crippen LogP contribution in [0.1, 0.15) is 5.69 Å². The zero-order chi connectivity index (χ0) is 13.4. The van der Waals surface area contributed by atoms with Crippen molar-refractivity contribution in [1.29, 1.82) is 0 Å². The van der Waals surface area contributed by atoms with Crippen LogP contribution in [0.25, 0.3) is 5.65 Å². The molecule has 1 aromatic carbocycles. The summed E-state index contributed by atoms with van der Waals surface area (Å²) in [6, 6.07) is 4.43. The number of aromatic nitrogens is 3. The van der Waals surface area contributed by atoms with Gasteiger partial charge in [0.15, 0.2) is 5.65 Å². The predicted molar refractivity (Wildman–Crippen MR) is 72.4 cm³/mol. The zero-order valence-electron chi connectivity index (χ0n) is 10.1. The molecule has 0 bridgehead atoms. The lowest BCUT2D eigenvalue weighted by atomic mass is 10.3. The Bertz CT molecular complexity index is 753. The van der Waals surface area contributed by atoms with Crippen LogP contribution in [-0.2, 0) is 0 Å². The van der Waals surface area contributed by atoms with Crippen molar-refractivity contribution in [3.63, 3.8) is 0 Å². The highest BCUT2D eigenvalue weighted by atomic mass is 35.5. The predicted octanol–water partition coefficient (Wildman–Crippen LogP) is 3.57. The SMILES string of the molecule is Cc1cn2cc(Nc3ccc(F)c(Cl)c3)ncc2n1. The second-order valence-electron chi connectivity index (χ2n) is 4.17. The third-order valence-electron chi connectivity index (χ3n) is 2.65. The second-order valence-corrected chi connectivity index (χ2v) is 4.58. The van der Waals surface area contributed by atoms with Gasteiger partial charge in [-0.25, -0.2) is 14.4 Å². The topological polar surface area (TPSA) is 42.2 Å². The van der Waals surface area contributed by atoms with E-state index in [0.29, 0.717) is 11.5 Å². The van der Waals surface area contributed by atoms with Gasteiger partial charge >= 0.3 is 0 Å². The van der Waals surface area contributed by atoms with Gasteiger partial charge in [0, 0.05) is 11.9 Å². The maximum absolute atomic E-state index is 13.1. The molecular formula is C13H10ClFN4. The van der Waals surface area contributed by atoms with Crippen molar-refractivity contribution in [1.82, 2.24) is 14.4 Å². The van der Waals surface area contributed by atoms with E-state index in [1.165, 1.54) is 12.1 Å². The van der Waals surface area contributed by atoms with E-state index in [-0.39, 0.29) is 5.02 Å². The molecule has 0 atom stereocenters.